The van der Waals surface area contributed by atoms with Gasteiger partial charge in [0.15, 0.2) is 0 Å². The predicted molar refractivity (Wildman–Crippen MR) is 135 cm³/mol. The van der Waals surface area contributed by atoms with Crippen LogP contribution < -0.4 is 16.4 Å². The lowest BCUT2D eigenvalue weighted by atomic mass is 10.0. The molecular weight excluding hydrogens is 440 g/mol. The number of carbonyl (C=O) groups excluding carboxylic acids is 2. The van der Waals surface area contributed by atoms with Crippen molar-refractivity contribution in [3.63, 3.8) is 0 Å². The smallest absolute Gasteiger partial charge is 0.242 e. The van der Waals surface area contributed by atoms with Gasteiger partial charge in [-0.2, -0.15) is 0 Å². The molecule has 2 amide bonds. The third kappa shape index (κ3) is 8.27. The van der Waals surface area contributed by atoms with Crippen LogP contribution in [0.2, 0.25) is 0 Å². The van der Waals surface area contributed by atoms with Gasteiger partial charge >= 0.3 is 0 Å². The molecule has 8 heteroatoms. The Labute approximate surface area is 202 Å². The molecule has 0 unspecified atom stereocenters. The summed E-state index contributed by atoms with van der Waals surface area (Å²) in [6, 6.07) is 14.5. The predicted octanol–water partition coefficient (Wildman–Crippen LogP) is 2.26. The molecule has 0 bridgehead atoms. The maximum absolute atomic E-state index is 12.7. The Morgan fingerprint density at radius 3 is 2.73 bits per heavy atom. The van der Waals surface area contributed by atoms with Gasteiger partial charge in [0.1, 0.15) is 6.04 Å². The second-order valence-corrected chi connectivity index (χ2v) is 8.18. The van der Waals surface area contributed by atoms with E-state index in [2.05, 4.69) is 53.1 Å². The number of ether oxygens (including phenoxy) is 1. The molecule has 0 aliphatic carbocycles. The first-order valence-electron chi connectivity index (χ1n) is 11.7. The zero-order chi connectivity index (χ0) is 22.6. The summed E-state index contributed by atoms with van der Waals surface area (Å²) in [5.74, 6) is -0.0155. The normalized spacial score (nSPS) is 15.4. The number of nitrogens with zero attached hydrogens (tertiary/aromatic N) is 1. The first-order valence-corrected chi connectivity index (χ1v) is 11.7. The molecule has 0 spiro atoms. The number of nitrogens with one attached hydrogen (secondary N) is 2. The topological polar surface area (TPSA) is 96.7 Å². The molecule has 0 aromatic heterocycles. The third-order valence-corrected chi connectivity index (χ3v) is 5.88. The minimum Gasteiger partial charge on any atom is -0.378 e. The van der Waals surface area contributed by atoms with Gasteiger partial charge < -0.3 is 26.0 Å². The van der Waals surface area contributed by atoms with E-state index >= 15 is 0 Å². The molecule has 2 aromatic carbocycles. The zero-order valence-electron chi connectivity index (χ0n) is 19.3. The van der Waals surface area contributed by atoms with Crippen LogP contribution in [0.25, 0.3) is 10.8 Å². The van der Waals surface area contributed by atoms with Crippen molar-refractivity contribution < 1.29 is 14.3 Å². The van der Waals surface area contributed by atoms with Crippen LogP contribution in [0.1, 0.15) is 31.2 Å². The fourth-order valence-electron chi connectivity index (χ4n) is 4.25. The molecule has 4 N–H and O–H groups in total. The Balaban J connectivity index is 0.00000385. The third-order valence-electron chi connectivity index (χ3n) is 5.88. The lowest BCUT2D eigenvalue weighted by Gasteiger charge is -2.24. The summed E-state index contributed by atoms with van der Waals surface area (Å²) >= 11 is 0. The lowest BCUT2D eigenvalue weighted by molar-refractivity contribution is -0.138. The highest BCUT2D eigenvalue weighted by Crippen LogP contribution is 2.20. The van der Waals surface area contributed by atoms with Crippen molar-refractivity contribution >= 4 is 35.0 Å². The summed E-state index contributed by atoms with van der Waals surface area (Å²) in [7, 11) is 0. The van der Waals surface area contributed by atoms with Gasteiger partial charge in [-0.3, -0.25) is 9.59 Å². The Bertz CT molecular complexity index is 874. The van der Waals surface area contributed by atoms with Crippen LogP contribution >= 0.6 is 12.4 Å². The van der Waals surface area contributed by atoms with Gasteiger partial charge in [0.25, 0.3) is 0 Å². The van der Waals surface area contributed by atoms with E-state index in [4.69, 9.17) is 10.5 Å². The standard InChI is InChI=1S/C25H36N4O3.ClH/c26-13-18-32-19-16-28-25(31)23-10-5-17-29(23)24(30)11-4-14-27-15-12-21-8-3-7-20-6-1-2-9-22(20)21;/h1-3,6-9,23,27H,4-5,10-19,26H2,(H,28,31);1H/t23-;/m0./s1. The molecule has 3 rings (SSSR count). The highest BCUT2D eigenvalue weighted by atomic mass is 35.5. The Morgan fingerprint density at radius 1 is 1.06 bits per heavy atom. The fourth-order valence-corrected chi connectivity index (χ4v) is 4.25. The van der Waals surface area contributed by atoms with Crippen molar-refractivity contribution in [2.45, 2.75) is 38.1 Å². The number of benzene rings is 2. The number of hydrogen-bond acceptors (Lipinski definition) is 5. The van der Waals surface area contributed by atoms with Gasteiger partial charge in [-0.15, -0.1) is 12.4 Å². The quantitative estimate of drug-likeness (QED) is 0.385. The molecule has 1 atom stereocenters. The number of fused-ring (bicyclic) bond motifs is 1. The number of halogens is 1. The van der Waals surface area contributed by atoms with Gasteiger partial charge in [0, 0.05) is 26.1 Å². The van der Waals surface area contributed by atoms with Crippen molar-refractivity contribution in [3.8, 4) is 0 Å². The van der Waals surface area contributed by atoms with Crippen molar-refractivity contribution in [2.24, 2.45) is 5.73 Å². The molecule has 33 heavy (non-hydrogen) atoms. The Hall–Kier alpha value is -2.19. The van der Waals surface area contributed by atoms with Crippen molar-refractivity contribution in [1.82, 2.24) is 15.5 Å². The zero-order valence-corrected chi connectivity index (χ0v) is 20.1. The summed E-state index contributed by atoms with van der Waals surface area (Å²) in [4.78, 5) is 26.8. The van der Waals surface area contributed by atoms with Gasteiger partial charge in [-0.1, -0.05) is 42.5 Å². The monoisotopic (exact) mass is 476 g/mol. The van der Waals surface area contributed by atoms with Gasteiger partial charge in [-0.05, 0) is 55.1 Å². The number of likely N-dealkylation sites (tertiary alicyclic amines) is 1. The van der Waals surface area contributed by atoms with E-state index in [9.17, 15) is 9.59 Å². The number of carbonyl (C=O) groups is 2. The number of amides is 2. The molecule has 2 aromatic rings. The van der Waals surface area contributed by atoms with Crippen molar-refractivity contribution in [3.05, 3.63) is 48.0 Å². The fraction of sp³-hybridized carbons (Fsp3) is 0.520. The maximum atomic E-state index is 12.7. The van der Waals surface area contributed by atoms with Gasteiger partial charge in [0.05, 0.1) is 13.2 Å². The molecule has 7 nitrogen and oxygen atoms in total. The van der Waals surface area contributed by atoms with E-state index in [-0.39, 0.29) is 30.3 Å². The van der Waals surface area contributed by atoms with E-state index in [0.717, 1.165) is 38.8 Å². The Kier molecular flexibility index (Phi) is 12.2. The maximum Gasteiger partial charge on any atom is 0.242 e. The van der Waals surface area contributed by atoms with E-state index in [0.29, 0.717) is 39.3 Å². The highest BCUT2D eigenvalue weighted by Gasteiger charge is 2.33. The molecular formula is C25H37ClN4O3. The highest BCUT2D eigenvalue weighted by molar-refractivity contribution is 5.88. The summed E-state index contributed by atoms with van der Waals surface area (Å²) in [6.45, 7) is 4.17. The first-order chi connectivity index (χ1) is 15.7. The van der Waals surface area contributed by atoms with Crippen LogP contribution in [-0.2, 0) is 20.7 Å². The SMILES string of the molecule is Cl.NCCOCCNC(=O)[C@@H]1CCCN1C(=O)CCCNCCc1cccc2ccccc12. The summed E-state index contributed by atoms with van der Waals surface area (Å²) in [5, 5.41) is 8.89. The molecule has 0 saturated carbocycles. The second-order valence-electron chi connectivity index (χ2n) is 8.18. The van der Waals surface area contributed by atoms with Gasteiger partial charge in [-0.25, -0.2) is 0 Å². The first kappa shape index (κ1) is 27.1. The van der Waals surface area contributed by atoms with Gasteiger partial charge in [0.2, 0.25) is 11.8 Å². The van der Waals surface area contributed by atoms with E-state index in [1.54, 1.807) is 4.90 Å². The molecule has 1 saturated heterocycles. The van der Waals surface area contributed by atoms with Crippen molar-refractivity contribution in [1.29, 1.82) is 0 Å². The molecule has 1 aliphatic heterocycles. The largest absolute Gasteiger partial charge is 0.378 e. The molecule has 1 aliphatic rings. The Morgan fingerprint density at radius 2 is 1.88 bits per heavy atom. The summed E-state index contributed by atoms with van der Waals surface area (Å²) in [6.07, 6.45) is 3.79. The van der Waals surface area contributed by atoms with Crippen molar-refractivity contribution in [2.75, 3.05) is 45.9 Å². The van der Waals surface area contributed by atoms with Crippen LogP contribution in [0.3, 0.4) is 0 Å². The molecule has 1 fully saturated rings. The second kappa shape index (κ2) is 14.9. The minimum atomic E-state index is -0.351. The average molecular weight is 477 g/mol. The number of rotatable bonds is 13. The molecule has 1 heterocycles. The summed E-state index contributed by atoms with van der Waals surface area (Å²) in [5.41, 5.74) is 6.71. The van der Waals surface area contributed by atoms with Crippen LogP contribution in [-0.4, -0.2) is 68.7 Å². The van der Waals surface area contributed by atoms with Crippen LogP contribution in [0.15, 0.2) is 42.5 Å². The van der Waals surface area contributed by atoms with Crippen LogP contribution in [0, 0.1) is 0 Å². The molecule has 182 valence electrons. The average Bonchev–Trinajstić information content (AvgIpc) is 3.31. The van der Waals surface area contributed by atoms with Crippen LogP contribution in [0.4, 0.5) is 0 Å². The number of nitrogens with two attached hydrogens (primary N) is 1. The number of hydrogen-bond donors (Lipinski definition) is 3. The lowest BCUT2D eigenvalue weighted by Crippen LogP contribution is -2.46. The van der Waals surface area contributed by atoms with Crippen LogP contribution in [0.5, 0.6) is 0 Å². The van der Waals surface area contributed by atoms with E-state index in [1.165, 1.54) is 16.3 Å². The molecule has 0 radical (unpaired) electrons. The summed E-state index contributed by atoms with van der Waals surface area (Å²) < 4.78 is 5.28. The minimum absolute atomic E-state index is 0. The van der Waals surface area contributed by atoms with E-state index < -0.39 is 0 Å². The van der Waals surface area contributed by atoms with E-state index in [1.807, 2.05) is 0 Å².